The van der Waals surface area contributed by atoms with Crippen LogP contribution < -0.4 is 11.1 Å². The van der Waals surface area contributed by atoms with Gasteiger partial charge in [-0.2, -0.15) is 0 Å². The molecule has 0 radical (unpaired) electrons. The Morgan fingerprint density at radius 2 is 2.06 bits per heavy atom. The molecule has 17 heavy (non-hydrogen) atoms. The van der Waals surface area contributed by atoms with E-state index in [1.165, 1.54) is 6.07 Å². The molecule has 3 N–H and O–H groups in total. The number of carbonyl (C=O) groups is 1. The van der Waals surface area contributed by atoms with Crippen LogP contribution in [0.15, 0.2) is 12.1 Å². The van der Waals surface area contributed by atoms with E-state index < -0.39 is 11.7 Å². The zero-order valence-corrected chi connectivity index (χ0v) is 9.92. The first-order valence-corrected chi connectivity index (χ1v) is 5.90. The highest BCUT2D eigenvalue weighted by Crippen LogP contribution is 2.28. The number of halogens is 1. The molecule has 0 spiro atoms. The van der Waals surface area contributed by atoms with E-state index in [4.69, 9.17) is 5.73 Å². The molecule has 0 bridgehead atoms. The predicted molar refractivity (Wildman–Crippen MR) is 64.5 cm³/mol. The van der Waals surface area contributed by atoms with E-state index in [9.17, 15) is 9.18 Å². The molecular formula is C13H17FN2O. The summed E-state index contributed by atoms with van der Waals surface area (Å²) in [6, 6.07) is 3.35. The second-order valence-electron chi connectivity index (χ2n) is 4.58. The summed E-state index contributed by atoms with van der Waals surface area (Å²) in [6.07, 6.45) is 2.02. The largest absolute Gasteiger partial charge is 0.365 e. The van der Waals surface area contributed by atoms with E-state index in [-0.39, 0.29) is 5.56 Å². The highest BCUT2D eigenvalue weighted by atomic mass is 19.1. The van der Waals surface area contributed by atoms with Crippen molar-refractivity contribution in [2.24, 2.45) is 5.73 Å². The minimum absolute atomic E-state index is 0.0164. The molecule has 1 aromatic carbocycles. The average Bonchev–Trinajstić information content (AvgIpc) is 2.28. The number of aryl methyl sites for hydroxylation is 1. The van der Waals surface area contributed by atoms with Crippen LogP contribution in [0.4, 0.5) is 4.39 Å². The topological polar surface area (TPSA) is 55.1 Å². The lowest BCUT2D eigenvalue weighted by molar-refractivity contribution is 0.0996. The zero-order valence-electron chi connectivity index (χ0n) is 9.92. The summed E-state index contributed by atoms with van der Waals surface area (Å²) in [5, 5.41) is 3.28. The summed E-state index contributed by atoms with van der Waals surface area (Å²) >= 11 is 0. The molecule has 0 atom stereocenters. The number of amides is 1. The van der Waals surface area contributed by atoms with E-state index in [1.807, 2.05) is 6.07 Å². The Morgan fingerprint density at radius 1 is 1.41 bits per heavy atom. The first-order valence-electron chi connectivity index (χ1n) is 5.90. The van der Waals surface area contributed by atoms with Gasteiger partial charge in [-0.25, -0.2) is 4.39 Å². The van der Waals surface area contributed by atoms with Crippen molar-refractivity contribution >= 4 is 5.91 Å². The highest BCUT2D eigenvalue weighted by molar-refractivity contribution is 5.94. The Labute approximate surface area is 100 Å². The maximum absolute atomic E-state index is 13.8. The Bertz CT molecular complexity index is 416. The number of nitrogens with one attached hydrogen (secondary N) is 1. The molecular weight excluding hydrogens is 219 g/mol. The van der Waals surface area contributed by atoms with Gasteiger partial charge in [-0.1, -0.05) is 6.07 Å². The minimum atomic E-state index is -0.697. The number of rotatable bonds is 2. The third kappa shape index (κ3) is 2.47. The molecule has 1 amide bonds. The Kier molecular flexibility index (Phi) is 3.43. The van der Waals surface area contributed by atoms with Crippen LogP contribution in [0.25, 0.3) is 0 Å². The lowest BCUT2D eigenvalue weighted by Crippen LogP contribution is -2.27. The average molecular weight is 236 g/mol. The second-order valence-corrected chi connectivity index (χ2v) is 4.58. The molecule has 0 saturated carbocycles. The summed E-state index contributed by atoms with van der Waals surface area (Å²) in [5.74, 6) is -0.811. The van der Waals surface area contributed by atoms with Gasteiger partial charge in [0.15, 0.2) is 0 Å². The molecule has 0 unspecified atom stereocenters. The molecule has 92 valence electrons. The van der Waals surface area contributed by atoms with Crippen LogP contribution in [0.5, 0.6) is 0 Å². The molecule has 3 nitrogen and oxygen atoms in total. The third-order valence-corrected chi connectivity index (χ3v) is 3.37. The van der Waals surface area contributed by atoms with Crippen molar-refractivity contribution < 1.29 is 9.18 Å². The number of hydrogen-bond acceptors (Lipinski definition) is 2. The van der Waals surface area contributed by atoms with Crippen molar-refractivity contribution in [3.05, 3.63) is 34.6 Å². The van der Waals surface area contributed by atoms with Crippen LogP contribution in [0.3, 0.4) is 0 Å². The summed E-state index contributed by atoms with van der Waals surface area (Å²) in [6.45, 7) is 3.65. The van der Waals surface area contributed by atoms with Crippen molar-refractivity contribution in [3.63, 3.8) is 0 Å². The molecule has 0 aromatic heterocycles. The molecule has 1 fully saturated rings. The molecule has 1 saturated heterocycles. The van der Waals surface area contributed by atoms with Gasteiger partial charge in [-0.3, -0.25) is 4.79 Å². The van der Waals surface area contributed by atoms with Crippen LogP contribution in [0, 0.1) is 12.7 Å². The Balaban J connectivity index is 2.34. The maximum atomic E-state index is 13.8. The first kappa shape index (κ1) is 12.0. The molecule has 0 aliphatic carbocycles. The Hall–Kier alpha value is -1.42. The summed E-state index contributed by atoms with van der Waals surface area (Å²) < 4.78 is 13.8. The van der Waals surface area contributed by atoms with E-state index in [0.29, 0.717) is 11.5 Å². The number of nitrogens with two attached hydrogens (primary N) is 1. The van der Waals surface area contributed by atoms with Gasteiger partial charge in [0, 0.05) is 0 Å². The van der Waals surface area contributed by atoms with E-state index >= 15 is 0 Å². The fourth-order valence-electron chi connectivity index (χ4n) is 2.47. The van der Waals surface area contributed by atoms with Gasteiger partial charge in [-0.05, 0) is 56.0 Å². The van der Waals surface area contributed by atoms with Gasteiger partial charge in [0.05, 0.1) is 5.56 Å². The maximum Gasteiger partial charge on any atom is 0.251 e. The van der Waals surface area contributed by atoms with Crippen LogP contribution in [-0.4, -0.2) is 19.0 Å². The smallest absolute Gasteiger partial charge is 0.251 e. The predicted octanol–water partition coefficient (Wildman–Crippen LogP) is 1.70. The first-order chi connectivity index (χ1) is 8.09. The number of benzene rings is 1. The summed E-state index contributed by atoms with van der Waals surface area (Å²) in [7, 11) is 0. The van der Waals surface area contributed by atoms with Gasteiger partial charge < -0.3 is 11.1 Å². The summed E-state index contributed by atoms with van der Waals surface area (Å²) in [4.78, 5) is 11.1. The SMILES string of the molecule is Cc1cc(C2CCNCC2)cc(F)c1C(N)=O. The quantitative estimate of drug-likeness (QED) is 0.821. The lowest BCUT2D eigenvalue weighted by atomic mass is 9.88. The number of primary amides is 1. The fraction of sp³-hybridized carbons (Fsp3) is 0.462. The second kappa shape index (κ2) is 4.84. The molecule has 4 heteroatoms. The number of piperidine rings is 1. The standard InChI is InChI=1S/C13H17FN2O/c1-8-6-10(9-2-4-16-5-3-9)7-11(14)12(8)13(15)17/h6-7,9,16H,2-5H2,1H3,(H2,15,17). The van der Waals surface area contributed by atoms with Gasteiger partial charge >= 0.3 is 0 Å². The van der Waals surface area contributed by atoms with Gasteiger partial charge in [0.2, 0.25) is 0 Å². The molecule has 1 heterocycles. The van der Waals surface area contributed by atoms with Gasteiger partial charge in [0.1, 0.15) is 5.82 Å². The van der Waals surface area contributed by atoms with E-state index in [1.54, 1.807) is 6.92 Å². The molecule has 2 rings (SSSR count). The van der Waals surface area contributed by atoms with Gasteiger partial charge in [0.25, 0.3) is 5.91 Å². The van der Waals surface area contributed by atoms with Crippen molar-refractivity contribution in [1.29, 1.82) is 0 Å². The van der Waals surface area contributed by atoms with E-state index in [2.05, 4.69) is 5.32 Å². The minimum Gasteiger partial charge on any atom is -0.365 e. The van der Waals surface area contributed by atoms with Crippen molar-refractivity contribution in [3.8, 4) is 0 Å². The Morgan fingerprint density at radius 3 is 2.59 bits per heavy atom. The summed E-state index contributed by atoms with van der Waals surface area (Å²) in [5.41, 5.74) is 6.78. The zero-order chi connectivity index (χ0) is 12.4. The highest BCUT2D eigenvalue weighted by Gasteiger charge is 2.19. The normalized spacial score (nSPS) is 17.1. The number of carbonyl (C=O) groups excluding carboxylic acids is 1. The number of hydrogen-bond donors (Lipinski definition) is 2. The van der Waals surface area contributed by atoms with E-state index in [0.717, 1.165) is 31.5 Å². The van der Waals surface area contributed by atoms with Crippen molar-refractivity contribution in [1.82, 2.24) is 5.32 Å². The van der Waals surface area contributed by atoms with Crippen LogP contribution in [-0.2, 0) is 0 Å². The molecule has 1 aliphatic rings. The van der Waals surface area contributed by atoms with Crippen LogP contribution >= 0.6 is 0 Å². The van der Waals surface area contributed by atoms with Crippen LogP contribution in [0.1, 0.15) is 40.2 Å². The van der Waals surface area contributed by atoms with Crippen LogP contribution in [0.2, 0.25) is 0 Å². The van der Waals surface area contributed by atoms with Gasteiger partial charge in [-0.15, -0.1) is 0 Å². The lowest BCUT2D eigenvalue weighted by Gasteiger charge is -2.23. The van der Waals surface area contributed by atoms with Crippen molar-refractivity contribution in [2.75, 3.05) is 13.1 Å². The molecule has 1 aliphatic heterocycles. The molecule has 1 aromatic rings. The fourth-order valence-corrected chi connectivity index (χ4v) is 2.47. The third-order valence-electron chi connectivity index (χ3n) is 3.37. The monoisotopic (exact) mass is 236 g/mol. The van der Waals surface area contributed by atoms with Crippen molar-refractivity contribution in [2.45, 2.75) is 25.7 Å².